The summed E-state index contributed by atoms with van der Waals surface area (Å²) in [7, 11) is 0. The van der Waals surface area contributed by atoms with Gasteiger partial charge in [0.05, 0.1) is 16.7 Å². The molecule has 0 bridgehead atoms. The maximum atomic E-state index is 13.0. The van der Waals surface area contributed by atoms with Crippen LogP contribution in [0.5, 0.6) is 0 Å². The van der Waals surface area contributed by atoms with Crippen molar-refractivity contribution in [3.63, 3.8) is 0 Å². The van der Waals surface area contributed by atoms with Gasteiger partial charge in [-0.25, -0.2) is 4.39 Å². The van der Waals surface area contributed by atoms with Crippen LogP contribution in [0.3, 0.4) is 0 Å². The molecule has 1 amide bonds. The topological polar surface area (TPSA) is 49.3 Å². The summed E-state index contributed by atoms with van der Waals surface area (Å²) in [5.74, 6) is -1.14. The Morgan fingerprint density at radius 1 is 1.67 bits per heavy atom. The summed E-state index contributed by atoms with van der Waals surface area (Å²) < 4.78 is 13.0. The lowest BCUT2D eigenvalue weighted by atomic mass is 10.2. The van der Waals surface area contributed by atoms with E-state index in [1.807, 2.05) is 0 Å². The Morgan fingerprint density at radius 2 is 2.33 bits per heavy atom. The fourth-order valence-corrected chi connectivity index (χ4v) is 1.23. The van der Waals surface area contributed by atoms with Gasteiger partial charge < -0.3 is 10.4 Å². The number of hydrogen-bond acceptors (Lipinski definition) is 2. The Bertz CT molecular complexity index is 368. The molecule has 5 heteroatoms. The lowest BCUT2D eigenvalue weighted by Crippen LogP contribution is -2.30. The molecule has 1 aromatic rings. The van der Waals surface area contributed by atoms with Crippen LogP contribution >= 0.6 is 11.6 Å². The quantitative estimate of drug-likeness (QED) is 0.830. The molecule has 0 aromatic heterocycles. The van der Waals surface area contributed by atoms with E-state index in [1.165, 1.54) is 25.1 Å². The summed E-state index contributed by atoms with van der Waals surface area (Å²) in [4.78, 5) is 11.4. The molecule has 82 valence electrons. The van der Waals surface area contributed by atoms with Crippen LogP contribution < -0.4 is 5.32 Å². The normalized spacial score (nSPS) is 12.3. The van der Waals surface area contributed by atoms with Crippen LogP contribution in [0.15, 0.2) is 18.2 Å². The average molecular weight is 232 g/mol. The van der Waals surface area contributed by atoms with Crippen LogP contribution in [0, 0.1) is 5.82 Å². The molecule has 0 saturated heterocycles. The van der Waals surface area contributed by atoms with E-state index in [0.29, 0.717) is 0 Å². The van der Waals surface area contributed by atoms with Crippen molar-refractivity contribution in [3.8, 4) is 0 Å². The van der Waals surface area contributed by atoms with Crippen molar-refractivity contribution in [1.29, 1.82) is 0 Å². The van der Waals surface area contributed by atoms with Gasteiger partial charge in [0.2, 0.25) is 0 Å². The van der Waals surface area contributed by atoms with Crippen molar-refractivity contribution >= 4 is 17.5 Å². The third-order valence-corrected chi connectivity index (χ3v) is 2.14. The van der Waals surface area contributed by atoms with Crippen molar-refractivity contribution < 1.29 is 14.3 Å². The number of hydrogen-bond donors (Lipinski definition) is 2. The molecule has 0 fully saturated rings. The summed E-state index contributed by atoms with van der Waals surface area (Å²) in [6.07, 6.45) is -0.652. The minimum absolute atomic E-state index is 0.0670. The molecule has 0 aliphatic carbocycles. The van der Waals surface area contributed by atoms with Crippen molar-refractivity contribution in [3.05, 3.63) is 34.6 Å². The van der Waals surface area contributed by atoms with Crippen LogP contribution in [0.2, 0.25) is 5.02 Å². The standard InChI is InChI=1S/C10H11ClFNO2/c1-6(14)5-13-10(15)7-3-2-4-8(12)9(7)11/h2-4,6,14H,5H2,1H3,(H,13,15)/t6-/m1/s1. The Morgan fingerprint density at radius 3 is 2.93 bits per heavy atom. The average Bonchev–Trinajstić information content (AvgIpc) is 2.18. The number of amides is 1. The van der Waals surface area contributed by atoms with E-state index in [9.17, 15) is 9.18 Å². The van der Waals surface area contributed by atoms with E-state index >= 15 is 0 Å². The first kappa shape index (κ1) is 11.9. The van der Waals surface area contributed by atoms with Crippen LogP contribution in [0.25, 0.3) is 0 Å². The predicted molar refractivity (Wildman–Crippen MR) is 55.4 cm³/mol. The van der Waals surface area contributed by atoms with Gasteiger partial charge in [0.25, 0.3) is 5.91 Å². The first-order valence-electron chi connectivity index (χ1n) is 4.42. The van der Waals surface area contributed by atoms with Crippen LogP contribution in [0.4, 0.5) is 4.39 Å². The van der Waals surface area contributed by atoms with Gasteiger partial charge in [-0.1, -0.05) is 17.7 Å². The maximum absolute atomic E-state index is 13.0. The number of carbonyl (C=O) groups excluding carboxylic acids is 1. The largest absolute Gasteiger partial charge is 0.392 e. The SMILES string of the molecule is C[C@@H](O)CNC(=O)c1cccc(F)c1Cl. The number of benzene rings is 1. The molecule has 2 N–H and O–H groups in total. The van der Waals surface area contributed by atoms with Gasteiger partial charge in [-0.2, -0.15) is 0 Å². The molecular formula is C10H11ClFNO2. The van der Waals surface area contributed by atoms with E-state index in [0.717, 1.165) is 0 Å². The summed E-state index contributed by atoms with van der Waals surface area (Å²) in [6.45, 7) is 1.64. The molecule has 1 rings (SSSR count). The summed E-state index contributed by atoms with van der Waals surface area (Å²) in [5.41, 5.74) is 0.0670. The first-order chi connectivity index (χ1) is 7.02. The van der Waals surface area contributed by atoms with Crippen molar-refractivity contribution in [2.24, 2.45) is 0 Å². The first-order valence-corrected chi connectivity index (χ1v) is 4.80. The van der Waals surface area contributed by atoms with Gasteiger partial charge >= 0.3 is 0 Å². The van der Waals surface area contributed by atoms with E-state index in [1.54, 1.807) is 0 Å². The zero-order valence-corrected chi connectivity index (χ0v) is 8.88. The fourth-order valence-electron chi connectivity index (χ4n) is 1.01. The Balaban J connectivity index is 2.78. The van der Waals surface area contributed by atoms with Gasteiger partial charge in [0.1, 0.15) is 5.82 Å². The highest BCUT2D eigenvalue weighted by Crippen LogP contribution is 2.19. The van der Waals surface area contributed by atoms with Crippen LogP contribution in [-0.2, 0) is 0 Å². The fraction of sp³-hybridized carbons (Fsp3) is 0.300. The zero-order chi connectivity index (χ0) is 11.4. The monoisotopic (exact) mass is 231 g/mol. The minimum atomic E-state index is -0.652. The third kappa shape index (κ3) is 3.18. The molecule has 1 aromatic carbocycles. The second kappa shape index (κ2) is 5.09. The molecule has 0 unspecified atom stereocenters. The van der Waals surface area contributed by atoms with E-state index < -0.39 is 17.8 Å². The Hall–Kier alpha value is -1.13. The van der Waals surface area contributed by atoms with Crippen LogP contribution in [0.1, 0.15) is 17.3 Å². The second-order valence-corrected chi connectivity index (χ2v) is 3.54. The number of carbonyl (C=O) groups is 1. The molecule has 0 saturated carbocycles. The number of nitrogens with one attached hydrogen (secondary N) is 1. The van der Waals surface area contributed by atoms with E-state index in [2.05, 4.69) is 5.32 Å². The highest BCUT2D eigenvalue weighted by atomic mass is 35.5. The van der Waals surface area contributed by atoms with Gasteiger partial charge in [-0.15, -0.1) is 0 Å². The predicted octanol–water partition coefficient (Wildman–Crippen LogP) is 1.59. The number of rotatable bonds is 3. The van der Waals surface area contributed by atoms with Gasteiger partial charge in [0.15, 0.2) is 0 Å². The highest BCUT2D eigenvalue weighted by Gasteiger charge is 2.13. The molecule has 0 radical (unpaired) electrons. The number of halogens is 2. The van der Waals surface area contributed by atoms with Crippen LogP contribution in [-0.4, -0.2) is 23.7 Å². The van der Waals surface area contributed by atoms with Crippen molar-refractivity contribution in [2.75, 3.05) is 6.54 Å². The lowest BCUT2D eigenvalue weighted by molar-refractivity contribution is 0.0924. The number of aliphatic hydroxyl groups is 1. The molecule has 1 atom stereocenters. The molecule has 0 aliphatic rings. The summed E-state index contributed by atoms with van der Waals surface area (Å²) >= 11 is 5.61. The van der Waals surface area contributed by atoms with E-state index in [4.69, 9.17) is 16.7 Å². The van der Waals surface area contributed by atoms with E-state index in [-0.39, 0.29) is 17.1 Å². The molecular weight excluding hydrogens is 221 g/mol. The lowest BCUT2D eigenvalue weighted by Gasteiger charge is -2.08. The van der Waals surface area contributed by atoms with Crippen molar-refractivity contribution in [1.82, 2.24) is 5.32 Å². The Labute approximate surface area is 91.9 Å². The molecule has 3 nitrogen and oxygen atoms in total. The molecule has 0 aliphatic heterocycles. The molecule has 0 spiro atoms. The molecule has 15 heavy (non-hydrogen) atoms. The second-order valence-electron chi connectivity index (χ2n) is 3.16. The van der Waals surface area contributed by atoms with Gasteiger partial charge in [0, 0.05) is 6.54 Å². The zero-order valence-electron chi connectivity index (χ0n) is 8.13. The summed E-state index contributed by atoms with van der Waals surface area (Å²) in [5, 5.41) is 11.2. The third-order valence-electron chi connectivity index (χ3n) is 1.75. The summed E-state index contributed by atoms with van der Waals surface area (Å²) in [6, 6.07) is 4.00. The molecule has 0 heterocycles. The highest BCUT2D eigenvalue weighted by molar-refractivity contribution is 6.34. The maximum Gasteiger partial charge on any atom is 0.252 e. The van der Waals surface area contributed by atoms with Gasteiger partial charge in [-0.05, 0) is 19.1 Å². The van der Waals surface area contributed by atoms with Gasteiger partial charge in [-0.3, -0.25) is 4.79 Å². The Kier molecular flexibility index (Phi) is 4.05. The minimum Gasteiger partial charge on any atom is -0.392 e. The van der Waals surface area contributed by atoms with Crippen molar-refractivity contribution in [2.45, 2.75) is 13.0 Å². The number of aliphatic hydroxyl groups excluding tert-OH is 1. The smallest absolute Gasteiger partial charge is 0.252 e.